The summed E-state index contributed by atoms with van der Waals surface area (Å²) in [6, 6.07) is 0.514. The molecule has 1 N–H and O–H groups in total. The van der Waals surface area contributed by atoms with Crippen LogP contribution in [0.25, 0.3) is 0 Å². The third-order valence-electron chi connectivity index (χ3n) is 6.05. The van der Waals surface area contributed by atoms with E-state index in [0.717, 1.165) is 51.2 Å². The Bertz CT molecular complexity index is 453. The van der Waals surface area contributed by atoms with Gasteiger partial charge in [0, 0.05) is 32.1 Å². The van der Waals surface area contributed by atoms with E-state index in [2.05, 4.69) is 31.0 Å². The monoisotopic (exact) mass is 365 g/mol. The molecule has 2 rings (SSSR count). The van der Waals surface area contributed by atoms with Crippen molar-refractivity contribution in [1.82, 2.24) is 15.1 Å². The predicted molar refractivity (Wildman–Crippen MR) is 106 cm³/mol. The highest BCUT2D eigenvalue weighted by Crippen LogP contribution is 2.25. The van der Waals surface area contributed by atoms with E-state index in [1.165, 1.54) is 19.3 Å². The highest BCUT2D eigenvalue weighted by Gasteiger charge is 2.27. The molecule has 0 radical (unpaired) electrons. The van der Waals surface area contributed by atoms with Gasteiger partial charge in [0.1, 0.15) is 0 Å². The second-order valence-corrected chi connectivity index (χ2v) is 8.65. The van der Waals surface area contributed by atoms with Crippen molar-refractivity contribution in [1.29, 1.82) is 0 Å². The normalized spacial score (nSPS) is 25.8. The maximum absolute atomic E-state index is 12.4. The van der Waals surface area contributed by atoms with Crippen LogP contribution < -0.4 is 5.32 Å². The van der Waals surface area contributed by atoms with Crippen molar-refractivity contribution in [3.63, 3.8) is 0 Å². The fraction of sp³-hybridized carbons (Fsp3) is 0.905. The van der Waals surface area contributed by atoms with Crippen molar-refractivity contribution >= 4 is 11.8 Å². The van der Waals surface area contributed by atoms with E-state index < -0.39 is 0 Å². The summed E-state index contributed by atoms with van der Waals surface area (Å²) in [7, 11) is 0. The number of nitrogens with zero attached hydrogens (tertiary/aromatic N) is 2. The van der Waals surface area contributed by atoms with Crippen LogP contribution in [0.3, 0.4) is 0 Å². The zero-order valence-corrected chi connectivity index (χ0v) is 17.1. The first-order valence-electron chi connectivity index (χ1n) is 10.8. The van der Waals surface area contributed by atoms with E-state index in [9.17, 15) is 9.59 Å². The number of rotatable bonds is 7. The van der Waals surface area contributed by atoms with Crippen LogP contribution in [0.2, 0.25) is 0 Å². The number of nitrogens with one attached hydrogen (secondary N) is 1. The van der Waals surface area contributed by atoms with Gasteiger partial charge in [-0.3, -0.25) is 14.5 Å². The maximum Gasteiger partial charge on any atom is 0.234 e. The number of hydrogen-bond acceptors (Lipinski definition) is 3. The third kappa shape index (κ3) is 6.90. The van der Waals surface area contributed by atoms with Crippen LogP contribution in [0.5, 0.6) is 0 Å². The van der Waals surface area contributed by atoms with Crippen LogP contribution in [-0.4, -0.2) is 60.4 Å². The van der Waals surface area contributed by atoms with E-state index in [0.29, 0.717) is 31.5 Å². The molecular weight excluding hydrogens is 326 g/mol. The van der Waals surface area contributed by atoms with Gasteiger partial charge >= 0.3 is 0 Å². The van der Waals surface area contributed by atoms with Crippen molar-refractivity contribution in [2.24, 2.45) is 11.8 Å². The molecule has 2 heterocycles. The molecule has 150 valence electrons. The average molecular weight is 366 g/mol. The summed E-state index contributed by atoms with van der Waals surface area (Å²) >= 11 is 0. The molecule has 2 unspecified atom stereocenters. The molecule has 5 heteroatoms. The van der Waals surface area contributed by atoms with Crippen LogP contribution in [0.4, 0.5) is 0 Å². The predicted octanol–water partition coefficient (Wildman–Crippen LogP) is 3.04. The Hall–Kier alpha value is -1.10. The molecule has 5 nitrogen and oxygen atoms in total. The van der Waals surface area contributed by atoms with Crippen LogP contribution in [-0.2, 0) is 9.59 Å². The first-order chi connectivity index (χ1) is 12.5. The first kappa shape index (κ1) is 21.2. The number of amides is 2. The molecule has 2 saturated heterocycles. The maximum atomic E-state index is 12.4. The van der Waals surface area contributed by atoms with Gasteiger partial charge in [0.05, 0.1) is 6.54 Å². The van der Waals surface area contributed by atoms with Crippen molar-refractivity contribution in [3.8, 4) is 0 Å². The summed E-state index contributed by atoms with van der Waals surface area (Å²) in [5, 5.41) is 3.07. The fourth-order valence-corrected chi connectivity index (χ4v) is 4.30. The number of carbonyl (C=O) groups is 2. The third-order valence-corrected chi connectivity index (χ3v) is 6.05. The Morgan fingerprint density at radius 2 is 1.96 bits per heavy atom. The molecule has 0 bridgehead atoms. The molecule has 0 aliphatic carbocycles. The standard InChI is InChI=1S/C21H39N3O2/c1-17(2)19-10-9-18(3)11-15-24(19)16-20(25)22-12-7-14-23-13-6-4-5-8-21(23)26/h17-19H,4-16H2,1-3H3,(H,22,25). The van der Waals surface area contributed by atoms with Crippen LogP contribution in [0, 0.1) is 11.8 Å². The Balaban J connectivity index is 1.70. The summed E-state index contributed by atoms with van der Waals surface area (Å²) < 4.78 is 0. The largest absolute Gasteiger partial charge is 0.355 e. The molecule has 2 atom stereocenters. The fourth-order valence-electron chi connectivity index (χ4n) is 4.30. The zero-order chi connectivity index (χ0) is 18.9. The Morgan fingerprint density at radius 3 is 2.73 bits per heavy atom. The van der Waals surface area contributed by atoms with Crippen molar-refractivity contribution in [2.75, 3.05) is 32.7 Å². The molecule has 2 fully saturated rings. The minimum Gasteiger partial charge on any atom is -0.355 e. The van der Waals surface area contributed by atoms with E-state index in [1.807, 2.05) is 4.90 Å². The van der Waals surface area contributed by atoms with E-state index in [1.54, 1.807) is 0 Å². The summed E-state index contributed by atoms with van der Waals surface area (Å²) in [6.45, 7) is 10.7. The van der Waals surface area contributed by atoms with Gasteiger partial charge in [-0.25, -0.2) is 0 Å². The molecule has 0 spiro atoms. The van der Waals surface area contributed by atoms with Gasteiger partial charge in [0.2, 0.25) is 11.8 Å². The topological polar surface area (TPSA) is 52.7 Å². The summed E-state index contributed by atoms with van der Waals surface area (Å²) in [5.74, 6) is 1.76. The summed E-state index contributed by atoms with van der Waals surface area (Å²) in [4.78, 5) is 28.8. The highest BCUT2D eigenvalue weighted by molar-refractivity contribution is 5.78. The Kier molecular flexibility index (Phi) is 8.89. The van der Waals surface area contributed by atoms with Crippen LogP contribution >= 0.6 is 0 Å². The van der Waals surface area contributed by atoms with Crippen LogP contribution in [0.15, 0.2) is 0 Å². The first-order valence-corrected chi connectivity index (χ1v) is 10.8. The lowest BCUT2D eigenvalue weighted by atomic mass is 9.95. The van der Waals surface area contributed by atoms with Crippen LogP contribution in [0.1, 0.15) is 72.1 Å². The lowest BCUT2D eigenvalue weighted by Gasteiger charge is -2.32. The quantitative estimate of drug-likeness (QED) is 0.706. The second kappa shape index (κ2) is 10.9. The van der Waals surface area contributed by atoms with Gasteiger partial charge in [0.15, 0.2) is 0 Å². The molecular formula is C21H39N3O2. The van der Waals surface area contributed by atoms with E-state index in [-0.39, 0.29) is 11.8 Å². The minimum atomic E-state index is 0.132. The molecule has 0 aromatic rings. The lowest BCUT2D eigenvalue weighted by molar-refractivity contribution is -0.130. The smallest absolute Gasteiger partial charge is 0.234 e. The van der Waals surface area contributed by atoms with E-state index >= 15 is 0 Å². The Labute approximate surface area is 159 Å². The molecule has 2 aliphatic rings. The summed E-state index contributed by atoms with van der Waals surface area (Å²) in [6.07, 6.45) is 8.49. The zero-order valence-electron chi connectivity index (χ0n) is 17.1. The van der Waals surface area contributed by atoms with Gasteiger partial charge in [-0.1, -0.05) is 27.2 Å². The summed E-state index contributed by atoms with van der Waals surface area (Å²) in [5.41, 5.74) is 0. The number of carbonyl (C=O) groups excluding carboxylic acids is 2. The minimum absolute atomic E-state index is 0.132. The molecule has 0 aromatic carbocycles. The van der Waals surface area contributed by atoms with Gasteiger partial charge < -0.3 is 10.2 Å². The second-order valence-electron chi connectivity index (χ2n) is 8.65. The molecule has 26 heavy (non-hydrogen) atoms. The van der Waals surface area contributed by atoms with Gasteiger partial charge in [0.25, 0.3) is 0 Å². The van der Waals surface area contributed by atoms with E-state index in [4.69, 9.17) is 0 Å². The molecule has 0 aromatic heterocycles. The SMILES string of the molecule is CC1CCC(C(C)C)N(CC(=O)NCCCN2CCCCCC2=O)CC1. The van der Waals surface area contributed by atoms with Gasteiger partial charge in [-0.15, -0.1) is 0 Å². The molecule has 0 saturated carbocycles. The highest BCUT2D eigenvalue weighted by atomic mass is 16.2. The lowest BCUT2D eigenvalue weighted by Crippen LogP contribution is -2.45. The van der Waals surface area contributed by atoms with Gasteiger partial charge in [-0.2, -0.15) is 0 Å². The number of likely N-dealkylation sites (tertiary alicyclic amines) is 2. The van der Waals surface area contributed by atoms with Crippen molar-refractivity contribution < 1.29 is 9.59 Å². The average Bonchev–Trinajstić information content (AvgIpc) is 2.90. The molecule has 2 aliphatic heterocycles. The van der Waals surface area contributed by atoms with Crippen molar-refractivity contribution in [2.45, 2.75) is 78.2 Å². The Morgan fingerprint density at radius 1 is 1.15 bits per heavy atom. The van der Waals surface area contributed by atoms with Gasteiger partial charge in [-0.05, 0) is 56.9 Å². The molecule has 2 amide bonds. The van der Waals surface area contributed by atoms with Crippen molar-refractivity contribution in [3.05, 3.63) is 0 Å². The number of hydrogen-bond donors (Lipinski definition) is 1.